The highest BCUT2D eigenvalue weighted by molar-refractivity contribution is 8.13. The van der Waals surface area contributed by atoms with Gasteiger partial charge in [-0.3, -0.25) is 0 Å². The van der Waals surface area contributed by atoms with Gasteiger partial charge in [0.25, 0.3) is 0 Å². The highest BCUT2D eigenvalue weighted by Gasteiger charge is 2.29. The third kappa shape index (κ3) is 2.97. The molecule has 1 aromatic carbocycles. The van der Waals surface area contributed by atoms with Gasteiger partial charge in [0.2, 0.25) is 0 Å². The van der Waals surface area contributed by atoms with E-state index >= 15 is 0 Å². The van der Waals surface area contributed by atoms with Crippen LogP contribution in [-0.2, 0) is 10.6 Å². The number of hydrogen-bond acceptors (Lipinski definition) is 3. The molecular formula is C12H13F2NOS. The molecule has 2 rings (SSSR count). The molecule has 0 spiro atoms. The van der Waals surface area contributed by atoms with E-state index in [9.17, 15) is 8.78 Å². The lowest BCUT2D eigenvalue weighted by Crippen LogP contribution is -2.18. The minimum absolute atomic E-state index is 0.289. The molecule has 5 heteroatoms. The van der Waals surface area contributed by atoms with Crippen molar-refractivity contribution < 1.29 is 13.6 Å². The summed E-state index contributed by atoms with van der Waals surface area (Å²) >= 11 is 1.38. The molecule has 1 aliphatic heterocycles. The Bertz CT molecular complexity index is 460. The summed E-state index contributed by atoms with van der Waals surface area (Å²) in [6, 6.07) is 4.20. The quantitative estimate of drug-likeness (QED) is 0.805. The fourth-order valence-corrected chi connectivity index (χ4v) is 2.59. The molecular weight excluding hydrogens is 244 g/mol. The maximum Gasteiger partial charge on any atom is 0.162 e. The van der Waals surface area contributed by atoms with Crippen LogP contribution >= 0.6 is 11.8 Å². The largest absolute Gasteiger partial charge is 0.389 e. The van der Waals surface area contributed by atoms with E-state index in [1.54, 1.807) is 6.07 Å². The van der Waals surface area contributed by atoms with Crippen LogP contribution in [0.5, 0.6) is 0 Å². The van der Waals surface area contributed by atoms with E-state index < -0.39 is 11.6 Å². The first-order valence-electron chi connectivity index (χ1n) is 5.29. The molecule has 92 valence electrons. The van der Waals surface area contributed by atoms with E-state index in [2.05, 4.69) is 5.16 Å². The SMILES string of the molecule is CC1(C)CC(SCc2cccc(F)c2F)=NO1. The van der Waals surface area contributed by atoms with E-state index in [0.717, 1.165) is 11.1 Å². The van der Waals surface area contributed by atoms with Crippen molar-refractivity contribution in [2.24, 2.45) is 5.16 Å². The van der Waals surface area contributed by atoms with Crippen LogP contribution in [0.25, 0.3) is 0 Å². The number of benzene rings is 1. The van der Waals surface area contributed by atoms with Gasteiger partial charge >= 0.3 is 0 Å². The van der Waals surface area contributed by atoms with Crippen LogP contribution in [0, 0.1) is 11.6 Å². The summed E-state index contributed by atoms with van der Waals surface area (Å²) in [5.74, 6) is -1.23. The number of hydrogen-bond donors (Lipinski definition) is 0. The molecule has 17 heavy (non-hydrogen) atoms. The Morgan fingerprint density at radius 1 is 1.41 bits per heavy atom. The van der Waals surface area contributed by atoms with Crippen LogP contribution < -0.4 is 0 Å². The topological polar surface area (TPSA) is 21.6 Å². The molecule has 0 saturated heterocycles. The highest BCUT2D eigenvalue weighted by atomic mass is 32.2. The second kappa shape index (κ2) is 4.64. The summed E-state index contributed by atoms with van der Waals surface area (Å²) < 4.78 is 26.3. The lowest BCUT2D eigenvalue weighted by Gasteiger charge is -2.13. The van der Waals surface area contributed by atoms with Gasteiger partial charge in [-0.2, -0.15) is 0 Å². The molecule has 0 radical (unpaired) electrons. The van der Waals surface area contributed by atoms with Gasteiger partial charge in [-0.1, -0.05) is 17.3 Å². The van der Waals surface area contributed by atoms with Crippen molar-refractivity contribution in [2.75, 3.05) is 0 Å². The Kier molecular flexibility index (Phi) is 3.38. The third-order valence-electron chi connectivity index (χ3n) is 2.40. The minimum Gasteiger partial charge on any atom is -0.389 e. The number of nitrogens with zero attached hydrogens (tertiary/aromatic N) is 1. The summed E-state index contributed by atoms with van der Waals surface area (Å²) in [6.07, 6.45) is 0.703. The van der Waals surface area contributed by atoms with Crippen LogP contribution in [0.3, 0.4) is 0 Å². The smallest absolute Gasteiger partial charge is 0.162 e. The third-order valence-corrected chi connectivity index (χ3v) is 3.40. The molecule has 0 fully saturated rings. The van der Waals surface area contributed by atoms with Crippen LogP contribution in [0.15, 0.2) is 23.4 Å². The van der Waals surface area contributed by atoms with Gasteiger partial charge in [0.1, 0.15) is 10.6 Å². The molecule has 1 aromatic rings. The monoisotopic (exact) mass is 257 g/mol. The van der Waals surface area contributed by atoms with E-state index in [1.807, 2.05) is 13.8 Å². The summed E-state index contributed by atoms with van der Waals surface area (Å²) in [6.45, 7) is 3.87. The molecule has 0 amide bonds. The number of oxime groups is 1. The Morgan fingerprint density at radius 2 is 2.18 bits per heavy atom. The average molecular weight is 257 g/mol. The van der Waals surface area contributed by atoms with Crippen molar-refractivity contribution in [1.29, 1.82) is 0 Å². The van der Waals surface area contributed by atoms with E-state index in [-0.39, 0.29) is 5.60 Å². The predicted molar refractivity (Wildman–Crippen MR) is 64.9 cm³/mol. The summed E-state index contributed by atoms with van der Waals surface area (Å²) in [4.78, 5) is 5.19. The molecule has 1 heterocycles. The van der Waals surface area contributed by atoms with Gasteiger partial charge in [0.15, 0.2) is 11.6 Å². The molecule has 0 N–H and O–H groups in total. The second-order valence-corrected chi connectivity index (χ2v) is 5.56. The fraction of sp³-hybridized carbons (Fsp3) is 0.417. The summed E-state index contributed by atoms with van der Waals surface area (Å²) in [5, 5.41) is 4.74. The standard InChI is InChI=1S/C12H13F2NOS/c1-12(2)6-10(15-16-12)17-7-8-4-3-5-9(13)11(8)14/h3-5H,6-7H2,1-2H3. The highest BCUT2D eigenvalue weighted by Crippen LogP contribution is 2.29. The number of rotatable bonds is 2. The predicted octanol–water partition coefficient (Wildman–Crippen LogP) is 3.71. The lowest BCUT2D eigenvalue weighted by atomic mass is 10.1. The Balaban J connectivity index is 1.97. The first-order chi connectivity index (χ1) is 7.98. The molecule has 2 nitrogen and oxygen atoms in total. The molecule has 0 atom stereocenters. The number of halogens is 2. The first kappa shape index (κ1) is 12.4. The zero-order valence-corrected chi connectivity index (χ0v) is 10.5. The molecule has 0 saturated carbocycles. The Labute approximate surface area is 103 Å². The van der Waals surface area contributed by atoms with Gasteiger partial charge in [-0.15, -0.1) is 11.8 Å². The van der Waals surface area contributed by atoms with Gasteiger partial charge in [0, 0.05) is 17.7 Å². The second-order valence-electron chi connectivity index (χ2n) is 4.51. The van der Waals surface area contributed by atoms with E-state index in [1.165, 1.54) is 17.8 Å². The van der Waals surface area contributed by atoms with E-state index in [0.29, 0.717) is 17.7 Å². The van der Waals surface area contributed by atoms with Crippen molar-refractivity contribution in [3.05, 3.63) is 35.4 Å². The maximum atomic E-state index is 13.4. The Hall–Kier alpha value is -1.10. The zero-order valence-electron chi connectivity index (χ0n) is 9.67. The zero-order chi connectivity index (χ0) is 12.5. The molecule has 0 aliphatic carbocycles. The fourth-order valence-electron chi connectivity index (χ4n) is 1.50. The van der Waals surface area contributed by atoms with Crippen LogP contribution in [0.4, 0.5) is 8.78 Å². The summed E-state index contributed by atoms with van der Waals surface area (Å²) in [7, 11) is 0. The molecule has 0 unspecified atom stereocenters. The van der Waals surface area contributed by atoms with Crippen molar-refractivity contribution in [3.63, 3.8) is 0 Å². The van der Waals surface area contributed by atoms with E-state index in [4.69, 9.17) is 4.84 Å². The first-order valence-corrected chi connectivity index (χ1v) is 6.27. The maximum absolute atomic E-state index is 13.4. The average Bonchev–Trinajstić information content (AvgIpc) is 2.61. The molecule has 0 aromatic heterocycles. The van der Waals surface area contributed by atoms with Crippen molar-refractivity contribution >= 4 is 16.8 Å². The normalized spacial score (nSPS) is 17.8. The van der Waals surface area contributed by atoms with Crippen molar-refractivity contribution in [1.82, 2.24) is 0 Å². The van der Waals surface area contributed by atoms with Crippen molar-refractivity contribution in [2.45, 2.75) is 31.6 Å². The lowest BCUT2D eigenvalue weighted by molar-refractivity contribution is 0.0123. The van der Waals surface area contributed by atoms with Crippen LogP contribution in [-0.4, -0.2) is 10.6 Å². The van der Waals surface area contributed by atoms with Crippen LogP contribution in [0.1, 0.15) is 25.8 Å². The van der Waals surface area contributed by atoms with Gasteiger partial charge < -0.3 is 4.84 Å². The van der Waals surface area contributed by atoms with Crippen molar-refractivity contribution in [3.8, 4) is 0 Å². The number of thioether (sulfide) groups is 1. The molecule has 1 aliphatic rings. The molecule has 0 bridgehead atoms. The van der Waals surface area contributed by atoms with Gasteiger partial charge in [0.05, 0.1) is 0 Å². The van der Waals surface area contributed by atoms with Gasteiger partial charge in [-0.05, 0) is 19.9 Å². The summed E-state index contributed by atoms with van der Waals surface area (Å²) in [5.41, 5.74) is 0.0606. The Morgan fingerprint density at radius 3 is 2.82 bits per heavy atom. The van der Waals surface area contributed by atoms with Gasteiger partial charge in [-0.25, -0.2) is 8.78 Å². The van der Waals surface area contributed by atoms with Crippen LogP contribution in [0.2, 0.25) is 0 Å². The minimum atomic E-state index is -0.812.